The Kier molecular flexibility index (Phi) is 7.56. The van der Waals surface area contributed by atoms with Crippen LogP contribution in [0.3, 0.4) is 0 Å². The van der Waals surface area contributed by atoms with Crippen molar-refractivity contribution < 1.29 is 36.2 Å². The van der Waals surface area contributed by atoms with Crippen LogP contribution >= 0.6 is 22.6 Å². The number of likely N-dealkylation sites (N-methyl/N-ethyl adjacent to an activating group) is 1. The Bertz CT molecular complexity index is 1100. The summed E-state index contributed by atoms with van der Waals surface area (Å²) < 4.78 is 82.5. The molecule has 2 aromatic carbocycles. The maximum Gasteiger partial charge on any atom is 0.401 e. The molecule has 2 unspecified atom stereocenters. The van der Waals surface area contributed by atoms with Gasteiger partial charge >= 0.3 is 6.18 Å². The van der Waals surface area contributed by atoms with E-state index in [9.17, 15) is 36.2 Å². The lowest BCUT2D eigenvalue weighted by molar-refractivity contribution is -0.225. The van der Waals surface area contributed by atoms with Gasteiger partial charge in [-0.2, -0.15) is 13.2 Å². The van der Waals surface area contributed by atoms with Gasteiger partial charge in [-0.05, 0) is 65.9 Å². The molecule has 1 aliphatic rings. The number of carbonyl (C=O) groups excluding carboxylic acids is 1. The smallest absolute Gasteiger partial charge is 0.372 e. The molecular formula is C22H22F6IN3O2. The fourth-order valence-corrected chi connectivity index (χ4v) is 4.81. The van der Waals surface area contributed by atoms with Crippen LogP contribution in [0.25, 0.3) is 0 Å². The summed E-state index contributed by atoms with van der Waals surface area (Å²) in [5, 5.41) is 15.5. The van der Waals surface area contributed by atoms with E-state index in [1.807, 2.05) is 27.9 Å². The first-order chi connectivity index (χ1) is 15.8. The number of aliphatic hydroxyl groups is 1. The van der Waals surface area contributed by atoms with Gasteiger partial charge in [0.05, 0.1) is 17.9 Å². The Hall–Kier alpha value is -1.90. The molecule has 0 aromatic heterocycles. The number of likely N-dealkylation sites (tertiary alicyclic amines) is 1. The standard InChI is InChI=1S/C22H22F6IN3O2/c1-3-20(21(34,11-32(20)4-2)30-10-22(26,27)28)19(33)13-6-7-14(23)17(25)18(13)31-16-8-5-12(29)9-15(16)24/h5-9,30-31,34H,3-4,10-11H2,1-2H3. The van der Waals surface area contributed by atoms with Crippen LogP contribution in [0, 0.1) is 21.0 Å². The number of β-amino-alcohol motifs (C(OH)–C–C–N with tert-alkyl or cyclic N) is 1. The number of hydrogen-bond acceptors (Lipinski definition) is 5. The van der Waals surface area contributed by atoms with Gasteiger partial charge in [-0.1, -0.05) is 13.8 Å². The van der Waals surface area contributed by atoms with Gasteiger partial charge in [0, 0.05) is 15.7 Å². The van der Waals surface area contributed by atoms with Crippen molar-refractivity contribution in [2.75, 3.05) is 25.0 Å². The van der Waals surface area contributed by atoms with E-state index in [4.69, 9.17) is 0 Å². The summed E-state index contributed by atoms with van der Waals surface area (Å²) in [4.78, 5) is 15.2. The van der Waals surface area contributed by atoms with Crippen molar-refractivity contribution in [3.8, 4) is 0 Å². The van der Waals surface area contributed by atoms with Crippen molar-refractivity contribution >= 4 is 39.7 Å². The molecule has 0 aliphatic carbocycles. The van der Waals surface area contributed by atoms with Crippen molar-refractivity contribution in [1.29, 1.82) is 0 Å². The molecule has 34 heavy (non-hydrogen) atoms. The fraction of sp³-hybridized carbons (Fsp3) is 0.409. The minimum atomic E-state index is -4.66. The van der Waals surface area contributed by atoms with E-state index in [1.54, 1.807) is 6.92 Å². The topological polar surface area (TPSA) is 64.6 Å². The van der Waals surface area contributed by atoms with Crippen molar-refractivity contribution in [3.63, 3.8) is 0 Å². The quantitative estimate of drug-likeness (QED) is 0.173. The Morgan fingerprint density at radius 3 is 2.38 bits per heavy atom. The lowest BCUT2D eigenvalue weighted by Crippen LogP contribution is -2.86. The van der Waals surface area contributed by atoms with Gasteiger partial charge in [0.1, 0.15) is 11.4 Å². The van der Waals surface area contributed by atoms with E-state index in [1.165, 1.54) is 24.0 Å². The van der Waals surface area contributed by atoms with Crippen molar-refractivity contribution in [1.82, 2.24) is 10.2 Å². The molecule has 1 fully saturated rings. The van der Waals surface area contributed by atoms with Crippen LogP contribution in [0.5, 0.6) is 0 Å². The number of benzene rings is 2. The van der Waals surface area contributed by atoms with Gasteiger partial charge in [0.25, 0.3) is 0 Å². The second-order valence-corrected chi connectivity index (χ2v) is 9.16. The molecule has 2 aromatic rings. The Morgan fingerprint density at radius 1 is 1.15 bits per heavy atom. The molecule has 0 radical (unpaired) electrons. The maximum atomic E-state index is 14.9. The monoisotopic (exact) mass is 601 g/mol. The summed E-state index contributed by atoms with van der Waals surface area (Å²) in [5.74, 6) is -4.51. The first kappa shape index (κ1) is 26.7. The summed E-state index contributed by atoms with van der Waals surface area (Å²) in [7, 11) is 0. The molecule has 1 heterocycles. The molecule has 0 saturated carbocycles. The van der Waals surface area contributed by atoms with E-state index >= 15 is 0 Å². The third-order valence-electron chi connectivity index (χ3n) is 6.02. The number of anilines is 2. The number of hydrogen-bond donors (Lipinski definition) is 3. The zero-order chi connectivity index (χ0) is 25.5. The third kappa shape index (κ3) is 4.64. The number of nitrogens with zero attached hydrogens (tertiary/aromatic N) is 1. The number of rotatable bonds is 8. The molecule has 5 nitrogen and oxygen atoms in total. The summed E-state index contributed by atoms with van der Waals surface area (Å²) >= 11 is 1.86. The number of nitrogens with one attached hydrogen (secondary N) is 2. The molecular weight excluding hydrogens is 579 g/mol. The van der Waals surface area contributed by atoms with E-state index in [0.717, 1.165) is 12.1 Å². The van der Waals surface area contributed by atoms with Crippen LogP contribution in [0.4, 0.5) is 37.7 Å². The van der Waals surface area contributed by atoms with Crippen molar-refractivity contribution in [3.05, 3.63) is 56.9 Å². The maximum absolute atomic E-state index is 14.9. The SMILES string of the molecule is CCN1CC(O)(NCC(F)(F)F)C1(CC)C(=O)c1ccc(F)c(F)c1Nc1ccc(I)cc1F. The highest BCUT2D eigenvalue weighted by Crippen LogP contribution is 2.45. The molecule has 0 amide bonds. The molecule has 0 spiro atoms. The van der Waals surface area contributed by atoms with Crippen LogP contribution in [0.2, 0.25) is 0 Å². The van der Waals surface area contributed by atoms with Crippen LogP contribution < -0.4 is 10.6 Å². The molecule has 12 heteroatoms. The minimum absolute atomic E-state index is 0.142. The summed E-state index contributed by atoms with van der Waals surface area (Å²) in [6.45, 7) is 1.47. The number of alkyl halides is 3. The highest BCUT2D eigenvalue weighted by Gasteiger charge is 2.67. The summed E-state index contributed by atoms with van der Waals surface area (Å²) in [6, 6.07) is 5.57. The predicted octanol–water partition coefficient (Wildman–Crippen LogP) is 4.96. The second kappa shape index (κ2) is 9.63. The third-order valence-corrected chi connectivity index (χ3v) is 6.70. The first-order valence-electron chi connectivity index (χ1n) is 10.3. The van der Waals surface area contributed by atoms with Gasteiger partial charge in [-0.25, -0.2) is 13.2 Å². The molecule has 186 valence electrons. The number of halogens is 7. The summed E-state index contributed by atoms with van der Waals surface area (Å²) in [5.41, 5.74) is -5.56. The van der Waals surface area contributed by atoms with E-state index < -0.39 is 58.5 Å². The van der Waals surface area contributed by atoms with Crippen molar-refractivity contribution in [2.24, 2.45) is 0 Å². The van der Waals surface area contributed by atoms with Crippen molar-refractivity contribution in [2.45, 2.75) is 37.7 Å². The van der Waals surface area contributed by atoms with Gasteiger partial charge in [-0.3, -0.25) is 15.0 Å². The highest BCUT2D eigenvalue weighted by molar-refractivity contribution is 14.1. The summed E-state index contributed by atoms with van der Waals surface area (Å²) in [6.07, 6.45) is -4.81. The number of carbonyl (C=O) groups is 1. The van der Waals surface area contributed by atoms with E-state index in [2.05, 4.69) is 5.32 Å². The van der Waals surface area contributed by atoms with Crippen LogP contribution in [0.15, 0.2) is 30.3 Å². The number of ketones is 1. The fourth-order valence-electron chi connectivity index (χ4n) is 4.36. The lowest BCUT2D eigenvalue weighted by atomic mass is 9.68. The highest BCUT2D eigenvalue weighted by atomic mass is 127. The largest absolute Gasteiger partial charge is 0.401 e. The zero-order valence-corrected chi connectivity index (χ0v) is 20.3. The van der Waals surface area contributed by atoms with Crippen LogP contribution in [-0.2, 0) is 0 Å². The Balaban J connectivity index is 2.10. The van der Waals surface area contributed by atoms with Crippen LogP contribution in [-0.4, -0.2) is 52.9 Å². The van der Waals surface area contributed by atoms with E-state index in [0.29, 0.717) is 9.64 Å². The molecule has 1 aliphatic heterocycles. The Labute approximate surface area is 205 Å². The predicted molar refractivity (Wildman–Crippen MR) is 122 cm³/mol. The molecule has 0 bridgehead atoms. The van der Waals surface area contributed by atoms with Gasteiger partial charge in [0.2, 0.25) is 0 Å². The van der Waals surface area contributed by atoms with E-state index in [-0.39, 0.29) is 25.2 Å². The van der Waals surface area contributed by atoms with Gasteiger partial charge < -0.3 is 10.4 Å². The first-order valence-corrected chi connectivity index (χ1v) is 11.4. The molecule has 3 rings (SSSR count). The average molecular weight is 601 g/mol. The number of Topliss-reactive ketones (excluding diaryl/α,β-unsaturated/α-hetero) is 1. The average Bonchev–Trinajstić information content (AvgIpc) is 2.75. The van der Waals surface area contributed by atoms with Gasteiger partial charge in [-0.15, -0.1) is 0 Å². The zero-order valence-electron chi connectivity index (χ0n) is 18.2. The van der Waals surface area contributed by atoms with Gasteiger partial charge in [0.15, 0.2) is 23.1 Å². The van der Waals surface area contributed by atoms with Crippen LogP contribution in [0.1, 0.15) is 30.6 Å². The second-order valence-electron chi connectivity index (χ2n) is 7.92. The molecule has 3 N–H and O–H groups in total. The molecule has 1 saturated heterocycles. The lowest BCUT2D eigenvalue weighted by Gasteiger charge is -2.62. The Morgan fingerprint density at radius 2 is 1.82 bits per heavy atom. The normalized spacial score (nSPS) is 23.0. The minimum Gasteiger partial charge on any atom is -0.372 e. The molecule has 2 atom stereocenters.